The number of ether oxygens (including phenoxy) is 2. The molecule has 42 heavy (non-hydrogen) atoms. The summed E-state index contributed by atoms with van der Waals surface area (Å²) in [4.78, 5) is 21.9. The van der Waals surface area contributed by atoms with E-state index in [0.717, 1.165) is 16.4 Å². The summed E-state index contributed by atoms with van der Waals surface area (Å²) in [6.07, 6.45) is 1.16. The van der Waals surface area contributed by atoms with Crippen molar-refractivity contribution >= 4 is 37.8 Å². The van der Waals surface area contributed by atoms with Gasteiger partial charge in [-0.1, -0.05) is 12.1 Å². The number of anilines is 1. The van der Waals surface area contributed by atoms with Crippen molar-refractivity contribution < 1.29 is 37.7 Å². The van der Waals surface area contributed by atoms with Crippen LogP contribution in [0.15, 0.2) is 52.0 Å². The Kier molecular flexibility index (Phi) is 7.60. The number of aromatic nitrogens is 2. The zero-order chi connectivity index (χ0) is 33.6. The Morgan fingerprint density at radius 2 is 2.07 bits per heavy atom. The van der Waals surface area contributed by atoms with E-state index in [1.807, 2.05) is 0 Å². The molecule has 1 saturated heterocycles. The second-order valence-corrected chi connectivity index (χ2v) is 12.5. The molecule has 0 bridgehead atoms. The lowest BCUT2D eigenvalue weighted by Crippen LogP contribution is -2.46. The van der Waals surface area contributed by atoms with Crippen LogP contribution in [0.2, 0.25) is 0 Å². The highest BCUT2D eigenvalue weighted by Gasteiger charge is 2.41. The number of hydrogen-bond donors (Lipinski definition) is 3. The average Bonchev–Trinajstić information content (AvgIpc) is 3.23. The van der Waals surface area contributed by atoms with Crippen molar-refractivity contribution in [1.82, 2.24) is 19.6 Å². The van der Waals surface area contributed by atoms with Gasteiger partial charge in [-0.2, -0.15) is 4.31 Å². The molecule has 5 rings (SSSR count). The molecule has 2 aliphatic rings. The maximum absolute atomic E-state index is 14.1. The lowest BCUT2D eigenvalue weighted by atomic mass is 10.1. The van der Waals surface area contributed by atoms with Crippen molar-refractivity contribution in [3.63, 3.8) is 0 Å². The van der Waals surface area contributed by atoms with Crippen LogP contribution in [0.5, 0.6) is 5.75 Å². The summed E-state index contributed by atoms with van der Waals surface area (Å²) in [7, 11) is -2.81. The van der Waals surface area contributed by atoms with Crippen molar-refractivity contribution in [3.8, 4) is 17.0 Å². The van der Waals surface area contributed by atoms with Gasteiger partial charge < -0.3 is 25.2 Å². The predicted octanol–water partition coefficient (Wildman–Crippen LogP) is 3.39. The van der Waals surface area contributed by atoms with E-state index in [0.29, 0.717) is 21.3 Å². The van der Waals surface area contributed by atoms with Crippen LogP contribution < -0.4 is 15.4 Å². The molecule has 0 aliphatic carbocycles. The van der Waals surface area contributed by atoms with Gasteiger partial charge in [-0.05, 0) is 65.0 Å². The second-order valence-electron chi connectivity index (χ2n) is 9.75. The van der Waals surface area contributed by atoms with Gasteiger partial charge in [-0.3, -0.25) is 4.79 Å². The van der Waals surface area contributed by atoms with Crippen LogP contribution in [0.25, 0.3) is 11.3 Å². The number of benzene rings is 2. The number of fused-ring (bicyclic) bond motifs is 1. The standard InChI is InChI=1S/C28H31BrFN5O6S/c1-16(27(37)33-24(15-36)19-9-20(30)12-22(10-19)40-2)35-14-18-4-3-17(11-25(18)42(35,38)39)26-23(29)13-31-28(34-26)32-21-5-7-41-8-6-21/h3-4,9-13,16,21,24,36H,5-8,14-15H2,1-2H3,(H,33,37)(H,31,32,34)/i7D2,8D2. The average molecular weight is 669 g/mol. The van der Waals surface area contributed by atoms with Crippen LogP contribution in [0.3, 0.4) is 0 Å². The second kappa shape index (κ2) is 12.6. The molecule has 1 fully saturated rings. The largest absolute Gasteiger partial charge is 0.497 e. The minimum atomic E-state index is -4.16. The molecule has 14 heteroatoms. The van der Waals surface area contributed by atoms with Gasteiger partial charge in [-0.25, -0.2) is 22.8 Å². The molecule has 0 radical (unpaired) electrons. The summed E-state index contributed by atoms with van der Waals surface area (Å²) in [5.74, 6) is -1.05. The van der Waals surface area contributed by atoms with Crippen LogP contribution in [0.1, 0.15) is 42.4 Å². The van der Waals surface area contributed by atoms with Gasteiger partial charge in [0.15, 0.2) is 0 Å². The molecular formula is C28H31BrFN5O6S. The quantitative estimate of drug-likeness (QED) is 0.313. The fourth-order valence-electron chi connectivity index (χ4n) is 4.69. The number of halogens is 2. The van der Waals surface area contributed by atoms with E-state index >= 15 is 0 Å². The van der Waals surface area contributed by atoms with Gasteiger partial charge in [0.05, 0.1) is 40.3 Å². The van der Waals surface area contributed by atoms with Crippen molar-refractivity contribution in [2.45, 2.75) is 49.3 Å². The Labute approximate surface area is 257 Å². The molecule has 1 amide bonds. The Bertz CT molecular complexity index is 1760. The van der Waals surface area contributed by atoms with E-state index < -0.39 is 59.6 Å². The fourth-order valence-corrected chi connectivity index (χ4v) is 6.92. The summed E-state index contributed by atoms with van der Waals surface area (Å²) in [6, 6.07) is 5.60. The number of hydrogen-bond acceptors (Lipinski definition) is 9. The highest BCUT2D eigenvalue weighted by molar-refractivity contribution is 9.10. The summed E-state index contributed by atoms with van der Waals surface area (Å²) in [5, 5.41) is 15.5. The molecule has 1 aromatic heterocycles. The Balaban J connectivity index is 1.35. The van der Waals surface area contributed by atoms with E-state index in [9.17, 15) is 22.7 Å². The molecule has 11 nitrogen and oxygen atoms in total. The first-order valence-corrected chi connectivity index (χ1v) is 15.2. The Morgan fingerprint density at radius 3 is 2.79 bits per heavy atom. The Morgan fingerprint density at radius 1 is 1.31 bits per heavy atom. The van der Waals surface area contributed by atoms with Crippen LogP contribution in [0, 0.1) is 5.82 Å². The van der Waals surface area contributed by atoms with Gasteiger partial charge >= 0.3 is 0 Å². The fraction of sp³-hybridized carbons (Fsp3) is 0.393. The first-order chi connectivity index (χ1) is 21.5. The molecule has 2 aromatic carbocycles. The number of rotatable bonds is 9. The van der Waals surface area contributed by atoms with Crippen molar-refractivity contribution in [1.29, 1.82) is 0 Å². The predicted molar refractivity (Wildman–Crippen MR) is 156 cm³/mol. The smallest absolute Gasteiger partial charge is 0.244 e. The lowest BCUT2D eigenvalue weighted by Gasteiger charge is -2.25. The number of amides is 1. The summed E-state index contributed by atoms with van der Waals surface area (Å²) in [6.45, 7) is -3.63. The molecule has 2 atom stereocenters. The number of nitrogens with one attached hydrogen (secondary N) is 2. The van der Waals surface area contributed by atoms with Gasteiger partial charge in [0.2, 0.25) is 21.9 Å². The van der Waals surface area contributed by atoms with Crippen molar-refractivity contribution in [2.24, 2.45) is 0 Å². The minimum absolute atomic E-state index is 0.0240. The van der Waals surface area contributed by atoms with Gasteiger partial charge in [0.1, 0.15) is 17.6 Å². The number of sulfonamides is 1. The van der Waals surface area contributed by atoms with E-state index in [2.05, 4.69) is 36.5 Å². The number of methoxy groups -OCH3 is 1. The minimum Gasteiger partial charge on any atom is -0.497 e. The van der Waals surface area contributed by atoms with Gasteiger partial charge in [0, 0.05) is 43.5 Å². The molecule has 3 heterocycles. The maximum Gasteiger partial charge on any atom is 0.244 e. The highest BCUT2D eigenvalue weighted by Crippen LogP contribution is 2.37. The molecule has 3 aromatic rings. The van der Waals surface area contributed by atoms with Crippen molar-refractivity contribution in [2.75, 3.05) is 32.2 Å². The van der Waals surface area contributed by atoms with E-state index in [1.165, 1.54) is 32.4 Å². The van der Waals surface area contributed by atoms with Crippen LogP contribution in [-0.4, -0.2) is 72.6 Å². The molecule has 3 N–H and O–H groups in total. The molecule has 0 saturated carbocycles. The zero-order valence-corrected chi connectivity index (χ0v) is 25.0. The molecule has 0 spiro atoms. The lowest BCUT2D eigenvalue weighted by molar-refractivity contribution is -0.125. The summed E-state index contributed by atoms with van der Waals surface area (Å²) < 4.78 is 84.4. The summed E-state index contributed by atoms with van der Waals surface area (Å²) >= 11 is 3.40. The molecule has 2 aliphatic heterocycles. The first kappa shape index (κ1) is 25.3. The number of aliphatic hydroxyl groups is 1. The molecular weight excluding hydrogens is 633 g/mol. The third kappa shape index (κ3) is 6.27. The summed E-state index contributed by atoms with van der Waals surface area (Å²) in [5.41, 5.74) is 1.44. The third-order valence-electron chi connectivity index (χ3n) is 6.98. The SMILES string of the molecule is [2H]C1([2H])CC(Nc2ncc(Br)c(-c3ccc4c(c3)S(=O)(=O)N(C(C)C(=O)NC(CO)c3cc(F)cc(OC)c3)C4)n2)CC([2H])([2H])O1. The first-order valence-electron chi connectivity index (χ1n) is 14.9. The number of carbonyl (C=O) groups is 1. The topological polar surface area (TPSA) is 143 Å². The Hall–Kier alpha value is -3.17. The number of nitrogens with zero attached hydrogens (tertiary/aromatic N) is 3. The monoisotopic (exact) mass is 667 g/mol. The normalized spacial score (nSPS) is 22.0. The third-order valence-corrected chi connectivity index (χ3v) is 9.56. The van der Waals surface area contributed by atoms with Crippen LogP contribution in [0.4, 0.5) is 10.3 Å². The van der Waals surface area contributed by atoms with Crippen molar-refractivity contribution in [3.05, 3.63) is 64.0 Å². The van der Waals surface area contributed by atoms with Gasteiger partial charge in [0.25, 0.3) is 0 Å². The molecule has 2 unspecified atom stereocenters. The highest BCUT2D eigenvalue weighted by atomic mass is 79.9. The van der Waals surface area contributed by atoms with E-state index in [1.54, 1.807) is 12.1 Å². The van der Waals surface area contributed by atoms with Gasteiger partial charge in [-0.15, -0.1) is 0 Å². The number of aliphatic hydroxyl groups excluding tert-OH is 1. The molecule has 224 valence electrons. The zero-order valence-electron chi connectivity index (χ0n) is 26.6. The maximum atomic E-state index is 14.1. The van der Waals surface area contributed by atoms with Crippen LogP contribution >= 0.6 is 15.9 Å². The number of carbonyl (C=O) groups excluding carboxylic acids is 1. The van der Waals surface area contributed by atoms with E-state index in [4.69, 9.17) is 15.0 Å². The van der Waals surface area contributed by atoms with E-state index in [-0.39, 0.29) is 41.5 Å². The van der Waals surface area contributed by atoms with Crippen LogP contribution in [-0.2, 0) is 26.1 Å².